The number of hydrogen-bond acceptors (Lipinski definition) is 2. The van der Waals surface area contributed by atoms with Crippen molar-refractivity contribution in [3.8, 4) is 0 Å². The third kappa shape index (κ3) is 30.0. The van der Waals surface area contributed by atoms with Gasteiger partial charge in [0.05, 0.1) is 0 Å². The van der Waals surface area contributed by atoms with Gasteiger partial charge in [0.1, 0.15) is 6.29 Å². The highest BCUT2D eigenvalue weighted by atomic mass is 16.1. The zero-order chi connectivity index (χ0) is 28.1. The van der Waals surface area contributed by atoms with Crippen LogP contribution in [0.15, 0.2) is 58.7 Å². The van der Waals surface area contributed by atoms with Crippen LogP contribution < -0.4 is 0 Å². The maximum Gasteiger partial charge on any atom is 0.116 e. The second-order valence-electron chi connectivity index (χ2n) is 8.68. The Balaban J connectivity index is -0.000000264. The van der Waals surface area contributed by atoms with E-state index in [1.165, 1.54) is 55.2 Å². The van der Waals surface area contributed by atoms with Crippen LogP contribution in [0.25, 0.3) is 0 Å². The Morgan fingerprint density at radius 3 is 1.77 bits per heavy atom. The van der Waals surface area contributed by atoms with Gasteiger partial charge in [-0.15, -0.1) is 0 Å². The van der Waals surface area contributed by atoms with E-state index in [1.807, 2.05) is 13.8 Å². The first-order valence-electron chi connectivity index (χ1n) is 14.0. The van der Waals surface area contributed by atoms with Gasteiger partial charge in [0, 0.05) is 11.4 Å². The molecule has 1 rings (SSSR count). The van der Waals surface area contributed by atoms with Gasteiger partial charge in [-0.25, -0.2) is 0 Å². The Labute approximate surface area is 221 Å². The summed E-state index contributed by atoms with van der Waals surface area (Å²) in [5, 5.41) is 0. The highest BCUT2D eigenvalue weighted by Crippen LogP contribution is 2.19. The maximum atomic E-state index is 8.81. The summed E-state index contributed by atoms with van der Waals surface area (Å²) in [5.74, 6) is 0.949. The summed E-state index contributed by atoms with van der Waals surface area (Å²) in [6.07, 6.45) is 10.3. The zero-order valence-electron chi connectivity index (χ0n) is 25.8. The van der Waals surface area contributed by atoms with Gasteiger partial charge in [0.15, 0.2) is 0 Å². The molecular formula is C33H61NO. The maximum absolute atomic E-state index is 8.81. The molecule has 35 heavy (non-hydrogen) atoms. The lowest BCUT2D eigenvalue weighted by Gasteiger charge is -2.09. The molecule has 0 bridgehead atoms. The Morgan fingerprint density at radius 1 is 0.943 bits per heavy atom. The van der Waals surface area contributed by atoms with E-state index < -0.39 is 0 Å². The van der Waals surface area contributed by atoms with Crippen LogP contribution in [0.1, 0.15) is 134 Å². The van der Waals surface area contributed by atoms with Crippen LogP contribution in [0.5, 0.6) is 0 Å². The third-order valence-electron chi connectivity index (χ3n) is 4.98. The summed E-state index contributed by atoms with van der Waals surface area (Å²) in [6.45, 7) is 29.0. The highest BCUT2D eigenvalue weighted by molar-refractivity contribution is 5.83. The number of aldehydes is 1. The molecule has 2 heteroatoms. The van der Waals surface area contributed by atoms with Gasteiger partial charge in [-0.1, -0.05) is 130 Å². The van der Waals surface area contributed by atoms with Crippen molar-refractivity contribution < 1.29 is 4.79 Å². The molecule has 0 heterocycles. The predicted molar refractivity (Wildman–Crippen MR) is 164 cm³/mol. The Morgan fingerprint density at radius 2 is 1.43 bits per heavy atom. The quantitative estimate of drug-likeness (QED) is 0.183. The Kier molecular flexibility index (Phi) is 36.8. The normalized spacial score (nSPS) is 11.4. The van der Waals surface area contributed by atoms with E-state index in [-0.39, 0.29) is 0 Å². The van der Waals surface area contributed by atoms with Crippen molar-refractivity contribution in [2.45, 2.75) is 134 Å². The first-order valence-corrected chi connectivity index (χ1v) is 14.0. The molecule has 0 N–H and O–H groups in total. The lowest BCUT2D eigenvalue weighted by Crippen LogP contribution is -1.98. The molecule has 0 aliphatic heterocycles. The molecule has 0 saturated carbocycles. The molecule has 0 radical (unpaired) electrons. The van der Waals surface area contributed by atoms with Gasteiger partial charge >= 0.3 is 0 Å². The zero-order valence-corrected chi connectivity index (χ0v) is 25.8. The molecule has 1 unspecified atom stereocenters. The fourth-order valence-electron chi connectivity index (χ4n) is 2.76. The molecule has 0 spiro atoms. The number of hydrogen-bond donors (Lipinski definition) is 0. The van der Waals surface area contributed by atoms with Gasteiger partial charge in [-0.3, -0.25) is 4.99 Å². The van der Waals surface area contributed by atoms with Crippen LogP contribution >= 0.6 is 0 Å². The molecule has 0 amide bonds. The lowest BCUT2D eigenvalue weighted by molar-refractivity contribution is -0.106. The van der Waals surface area contributed by atoms with Gasteiger partial charge in [0.25, 0.3) is 0 Å². The molecule has 204 valence electrons. The smallest absolute Gasteiger partial charge is 0.116 e. The van der Waals surface area contributed by atoms with E-state index in [1.54, 1.807) is 0 Å². The minimum atomic E-state index is 0.750. The molecule has 0 aliphatic rings. The van der Waals surface area contributed by atoms with Crippen molar-refractivity contribution in [1.82, 2.24) is 0 Å². The van der Waals surface area contributed by atoms with Crippen LogP contribution in [-0.2, 0) is 11.2 Å². The van der Waals surface area contributed by atoms with Gasteiger partial charge in [-0.2, -0.15) is 0 Å². The predicted octanol–water partition coefficient (Wildman–Crippen LogP) is 11.2. The number of rotatable bonds is 10. The molecule has 1 aromatic carbocycles. The number of allylic oxidation sites excluding steroid dienone is 3. The van der Waals surface area contributed by atoms with Gasteiger partial charge < -0.3 is 4.79 Å². The first kappa shape index (κ1) is 40.2. The van der Waals surface area contributed by atoms with E-state index in [4.69, 9.17) is 9.79 Å². The van der Waals surface area contributed by atoms with Crippen molar-refractivity contribution in [1.29, 1.82) is 0 Å². The molecule has 0 aromatic heterocycles. The molecule has 2 nitrogen and oxygen atoms in total. The second-order valence-corrected chi connectivity index (χ2v) is 8.68. The molecule has 0 saturated heterocycles. The number of carbonyl (C=O) groups is 1. The fourth-order valence-corrected chi connectivity index (χ4v) is 2.76. The number of nitrogens with zero attached hydrogens (tertiary/aromatic N) is 1. The molecule has 1 aromatic rings. The van der Waals surface area contributed by atoms with Gasteiger partial charge in [-0.05, 0) is 64.0 Å². The van der Waals surface area contributed by atoms with Crippen molar-refractivity contribution in [3.05, 3.63) is 59.3 Å². The van der Waals surface area contributed by atoms with E-state index in [9.17, 15) is 0 Å². The minimum Gasteiger partial charge on any atom is -0.304 e. The average Bonchev–Trinajstić information content (AvgIpc) is 2.85. The summed E-state index contributed by atoms with van der Waals surface area (Å²) >= 11 is 0. The summed E-state index contributed by atoms with van der Waals surface area (Å²) in [4.78, 5) is 13.6. The van der Waals surface area contributed by atoms with E-state index in [2.05, 4.69) is 99.2 Å². The largest absolute Gasteiger partial charge is 0.304 e. The van der Waals surface area contributed by atoms with Gasteiger partial charge in [0.2, 0.25) is 0 Å². The van der Waals surface area contributed by atoms with Crippen molar-refractivity contribution in [3.63, 3.8) is 0 Å². The van der Waals surface area contributed by atoms with Crippen molar-refractivity contribution in [2.24, 2.45) is 10.9 Å². The minimum absolute atomic E-state index is 0.750. The Bertz CT molecular complexity index is 640. The Hall–Kier alpha value is -1.96. The van der Waals surface area contributed by atoms with Crippen molar-refractivity contribution >= 4 is 12.0 Å². The number of benzene rings is 1. The standard InChI is InChI=1S/C19H27N.C7H16.C3H8.C2H4O.C2H6/c1-6-10-19(17(5)15(2)3)20-16(4)13-14-18-11-8-7-9-12-18;1-4-6-7(3)5-2;1-3-2;1-2-3;1-2/h7-9,11-12H,2,6,10,13-14H2,1,3-5H3;7H,4-6H2,1-3H3;3H2,1-2H3;2H,1H3;1-2H3/b19-17+,20-16?;;;;. The summed E-state index contributed by atoms with van der Waals surface area (Å²) in [5.41, 5.74) is 6.14. The number of carbonyl (C=O) groups excluding carboxylic acids is 1. The summed E-state index contributed by atoms with van der Waals surface area (Å²) in [6, 6.07) is 10.6. The average molecular weight is 488 g/mol. The van der Waals surface area contributed by atoms with E-state index >= 15 is 0 Å². The van der Waals surface area contributed by atoms with Crippen LogP contribution in [0.4, 0.5) is 0 Å². The van der Waals surface area contributed by atoms with Crippen LogP contribution in [0.3, 0.4) is 0 Å². The van der Waals surface area contributed by atoms with Crippen molar-refractivity contribution in [2.75, 3.05) is 0 Å². The topological polar surface area (TPSA) is 29.4 Å². The molecular weight excluding hydrogens is 426 g/mol. The van der Waals surface area contributed by atoms with E-state index in [0.717, 1.165) is 43.5 Å². The third-order valence-corrected chi connectivity index (χ3v) is 4.98. The van der Waals surface area contributed by atoms with Crippen LogP contribution in [0.2, 0.25) is 0 Å². The summed E-state index contributed by atoms with van der Waals surface area (Å²) < 4.78 is 0. The number of aryl methyl sites for hydroxylation is 1. The highest BCUT2D eigenvalue weighted by Gasteiger charge is 2.03. The molecule has 1 atom stereocenters. The second kappa shape index (κ2) is 32.0. The molecule has 0 fully saturated rings. The monoisotopic (exact) mass is 487 g/mol. The van der Waals surface area contributed by atoms with E-state index in [0.29, 0.717) is 0 Å². The lowest BCUT2D eigenvalue weighted by atomic mass is 10.0. The fraction of sp³-hybridized carbons (Fsp3) is 0.636. The van der Waals surface area contributed by atoms with Crippen LogP contribution in [0, 0.1) is 5.92 Å². The SMILES string of the molecule is C=C(C)/C(C)=C(\CCC)N=C(C)CCc1ccccc1.CC.CC=O.CCC.CCCC(C)CC. The number of aliphatic imine (C=N–C) groups is 1. The summed E-state index contributed by atoms with van der Waals surface area (Å²) in [7, 11) is 0. The molecule has 0 aliphatic carbocycles. The first-order chi connectivity index (χ1) is 16.7. The van der Waals surface area contributed by atoms with Crippen LogP contribution in [-0.4, -0.2) is 12.0 Å².